The lowest BCUT2D eigenvalue weighted by molar-refractivity contribution is -0.774. The summed E-state index contributed by atoms with van der Waals surface area (Å²) in [5.74, 6) is 0.255. The Kier molecular flexibility index (Phi) is 5.17. The molecule has 0 fully saturated rings. The molecular weight excluding hydrogens is 382 g/mol. The van der Waals surface area contributed by atoms with Crippen LogP contribution in [0.2, 0.25) is 0 Å². The molecule has 150 valence electrons. The van der Waals surface area contributed by atoms with Gasteiger partial charge in [0.15, 0.2) is 5.39 Å². The fourth-order valence-electron chi connectivity index (χ4n) is 3.33. The first-order chi connectivity index (χ1) is 14.6. The molecule has 1 heterocycles. The second-order valence-corrected chi connectivity index (χ2v) is 6.67. The van der Waals surface area contributed by atoms with Gasteiger partial charge in [-0.3, -0.25) is 4.79 Å². The Hall–Kier alpha value is -4.13. The molecule has 0 aliphatic carbocycles. The summed E-state index contributed by atoms with van der Waals surface area (Å²) in [7, 11) is 1.57. The molecule has 0 aliphatic heterocycles. The molecule has 0 atom stereocenters. The number of aromatic hydroxyl groups is 2. The predicted molar refractivity (Wildman–Crippen MR) is 111 cm³/mol. The number of amides is 1. The van der Waals surface area contributed by atoms with Crippen LogP contribution in [0.15, 0.2) is 78.9 Å². The molecule has 0 saturated heterocycles. The number of rotatable bonds is 5. The lowest BCUT2D eigenvalue weighted by Gasteiger charge is -2.06. The molecule has 4 aromatic rings. The summed E-state index contributed by atoms with van der Waals surface area (Å²) < 4.78 is 7.89. The molecule has 1 amide bonds. The summed E-state index contributed by atoms with van der Waals surface area (Å²) >= 11 is 0. The van der Waals surface area contributed by atoms with Crippen molar-refractivity contribution >= 4 is 22.5 Å². The third-order valence-electron chi connectivity index (χ3n) is 4.78. The number of hydrogen-bond acceptors (Lipinski definition) is 4. The molecule has 1 aromatic heterocycles. The number of hydrogen-bond donors (Lipinski definition) is 3. The number of fused-ring (bicyclic) bond motifs is 1. The van der Waals surface area contributed by atoms with Gasteiger partial charge in [0.2, 0.25) is 17.7 Å². The maximum Gasteiger partial charge on any atom is 0.638 e. The minimum absolute atomic E-state index is 0.110. The highest BCUT2D eigenvalue weighted by atomic mass is 16.5. The Morgan fingerprint density at radius 1 is 0.933 bits per heavy atom. The van der Waals surface area contributed by atoms with Crippen molar-refractivity contribution in [2.45, 2.75) is 6.54 Å². The zero-order valence-corrected chi connectivity index (χ0v) is 16.3. The van der Waals surface area contributed by atoms with E-state index in [1.165, 1.54) is 9.13 Å². The smallest absolute Gasteiger partial charge is 0.497 e. The van der Waals surface area contributed by atoms with Crippen molar-refractivity contribution in [2.24, 2.45) is 0 Å². The third-order valence-corrected chi connectivity index (χ3v) is 4.78. The van der Waals surface area contributed by atoms with E-state index in [0.29, 0.717) is 28.0 Å². The maximum atomic E-state index is 12.7. The normalized spacial score (nSPS) is 10.7. The topological polar surface area (TPSA) is 86.5 Å². The Bertz CT molecular complexity index is 1210. The van der Waals surface area contributed by atoms with Crippen molar-refractivity contribution in [3.63, 3.8) is 0 Å². The van der Waals surface area contributed by atoms with Crippen LogP contribution in [0.25, 0.3) is 16.6 Å². The number of carbonyl (C=O) groups is 1. The number of nitrogens with zero attached hydrogens (tertiary/aromatic N) is 2. The van der Waals surface area contributed by atoms with E-state index in [9.17, 15) is 15.0 Å². The van der Waals surface area contributed by atoms with Crippen LogP contribution >= 0.6 is 0 Å². The number of benzene rings is 3. The minimum atomic E-state index is -0.323. The van der Waals surface area contributed by atoms with E-state index < -0.39 is 0 Å². The van der Waals surface area contributed by atoms with Gasteiger partial charge < -0.3 is 20.3 Å². The van der Waals surface area contributed by atoms with E-state index in [0.717, 1.165) is 0 Å². The number of aromatic nitrogens is 2. The van der Waals surface area contributed by atoms with Crippen LogP contribution in [0, 0.1) is 0 Å². The van der Waals surface area contributed by atoms with Crippen LogP contribution < -0.4 is 19.2 Å². The Morgan fingerprint density at radius 3 is 2.30 bits per heavy atom. The average molecular weight is 403 g/mol. The zero-order chi connectivity index (χ0) is 21.1. The molecule has 0 aliphatic rings. The van der Waals surface area contributed by atoms with Crippen LogP contribution in [-0.4, -0.2) is 23.2 Å². The van der Waals surface area contributed by atoms with Gasteiger partial charge in [-0.05, 0) is 34.9 Å². The Balaban J connectivity index is 1.75. The SMILES string of the molecule is COc1ccc(NC(=O)C[n+]2c(O)[n+](-c3ccccc3)c(O)c3ccccc32)cc1. The number of nitrogens with one attached hydrogen (secondary N) is 1. The molecule has 7 nitrogen and oxygen atoms in total. The second-order valence-electron chi connectivity index (χ2n) is 6.67. The van der Waals surface area contributed by atoms with E-state index in [4.69, 9.17) is 4.74 Å². The summed E-state index contributed by atoms with van der Waals surface area (Å²) in [4.78, 5) is 12.7. The van der Waals surface area contributed by atoms with Gasteiger partial charge in [0.25, 0.3) is 5.91 Å². The summed E-state index contributed by atoms with van der Waals surface area (Å²) in [6, 6.07) is 22.7. The number of carbonyl (C=O) groups excluding carboxylic acids is 1. The third kappa shape index (κ3) is 3.60. The number of ether oxygens (including phenoxy) is 1. The first kappa shape index (κ1) is 19.2. The number of methoxy groups -OCH3 is 1. The van der Waals surface area contributed by atoms with Crippen LogP contribution in [0.3, 0.4) is 0 Å². The molecule has 0 bridgehead atoms. The van der Waals surface area contributed by atoms with Gasteiger partial charge in [0, 0.05) is 23.9 Å². The van der Waals surface area contributed by atoms with E-state index in [1.54, 1.807) is 79.9 Å². The van der Waals surface area contributed by atoms with Crippen LogP contribution in [-0.2, 0) is 11.3 Å². The first-order valence-electron chi connectivity index (χ1n) is 9.36. The van der Waals surface area contributed by atoms with Crippen LogP contribution in [0.5, 0.6) is 17.6 Å². The van der Waals surface area contributed by atoms with Gasteiger partial charge in [0.1, 0.15) is 5.75 Å². The molecule has 4 rings (SSSR count). The van der Waals surface area contributed by atoms with Gasteiger partial charge in [0.05, 0.1) is 7.11 Å². The molecular formula is C23H21N3O4+2. The predicted octanol–water partition coefficient (Wildman–Crippen LogP) is 2.46. The molecule has 0 unspecified atom stereocenters. The zero-order valence-electron chi connectivity index (χ0n) is 16.3. The largest absolute Gasteiger partial charge is 0.638 e. The van der Waals surface area contributed by atoms with Crippen LogP contribution in [0.4, 0.5) is 5.69 Å². The van der Waals surface area contributed by atoms with E-state index in [2.05, 4.69) is 5.32 Å². The Morgan fingerprint density at radius 2 is 1.60 bits per heavy atom. The van der Waals surface area contributed by atoms with Gasteiger partial charge in [-0.25, -0.2) is 0 Å². The second kappa shape index (κ2) is 8.08. The fraction of sp³-hybridized carbons (Fsp3) is 0.0870. The molecule has 30 heavy (non-hydrogen) atoms. The summed E-state index contributed by atoms with van der Waals surface area (Å²) in [6.45, 7) is -0.147. The first-order valence-corrected chi connectivity index (χ1v) is 9.36. The van der Waals surface area contributed by atoms with E-state index in [-0.39, 0.29) is 24.3 Å². The molecule has 7 heteroatoms. The van der Waals surface area contributed by atoms with Crippen molar-refractivity contribution in [2.75, 3.05) is 12.4 Å². The highest BCUT2D eigenvalue weighted by molar-refractivity contribution is 5.90. The highest BCUT2D eigenvalue weighted by Gasteiger charge is 2.36. The lowest BCUT2D eigenvalue weighted by atomic mass is 10.2. The Labute approximate surface area is 173 Å². The number of anilines is 1. The van der Waals surface area contributed by atoms with Crippen molar-refractivity contribution in [3.05, 3.63) is 78.9 Å². The van der Waals surface area contributed by atoms with Crippen molar-refractivity contribution in [3.8, 4) is 23.3 Å². The quantitative estimate of drug-likeness (QED) is 0.447. The highest BCUT2D eigenvalue weighted by Crippen LogP contribution is 2.22. The number of para-hydroxylation sites is 2. The van der Waals surface area contributed by atoms with Crippen molar-refractivity contribution in [1.29, 1.82) is 0 Å². The van der Waals surface area contributed by atoms with Gasteiger partial charge >= 0.3 is 11.9 Å². The average Bonchev–Trinajstić information content (AvgIpc) is 2.78. The molecule has 0 radical (unpaired) electrons. The van der Waals surface area contributed by atoms with Crippen LogP contribution in [0.1, 0.15) is 0 Å². The van der Waals surface area contributed by atoms with E-state index in [1.807, 2.05) is 6.07 Å². The van der Waals surface area contributed by atoms with Gasteiger partial charge in [-0.15, -0.1) is 0 Å². The maximum absolute atomic E-state index is 12.7. The minimum Gasteiger partial charge on any atom is -0.497 e. The summed E-state index contributed by atoms with van der Waals surface area (Å²) in [6.07, 6.45) is 0. The summed E-state index contributed by atoms with van der Waals surface area (Å²) in [5, 5.41) is 25.1. The van der Waals surface area contributed by atoms with Gasteiger partial charge in [-0.1, -0.05) is 34.9 Å². The van der Waals surface area contributed by atoms with E-state index >= 15 is 0 Å². The lowest BCUT2D eigenvalue weighted by Crippen LogP contribution is -2.49. The fourth-order valence-corrected chi connectivity index (χ4v) is 3.33. The summed E-state index contributed by atoms with van der Waals surface area (Å²) in [5.41, 5.74) is 1.71. The molecule has 3 aromatic carbocycles. The van der Waals surface area contributed by atoms with Crippen molar-refractivity contribution < 1.29 is 28.9 Å². The monoisotopic (exact) mass is 403 g/mol. The van der Waals surface area contributed by atoms with Gasteiger partial charge in [-0.2, -0.15) is 0 Å². The molecule has 3 N–H and O–H groups in total. The standard InChI is InChI=1S/C23H19N3O4/c1-30-18-13-11-16(12-14-18)24-21(27)15-25-20-10-6-5-9-19(20)22(28)26(23(25)29)17-7-3-2-4-8-17/h2-14H,15H2,1H3,(H,24,27)/p+2. The molecule has 0 saturated carbocycles. The van der Waals surface area contributed by atoms with Crippen molar-refractivity contribution in [1.82, 2.24) is 0 Å². The molecule has 0 spiro atoms.